The van der Waals surface area contributed by atoms with Gasteiger partial charge in [0.2, 0.25) is 5.91 Å². The number of carbonyl (C=O) groups excluding carboxylic acids is 3. The minimum absolute atomic E-state index is 0.00798. The summed E-state index contributed by atoms with van der Waals surface area (Å²) in [5, 5.41) is 0. The summed E-state index contributed by atoms with van der Waals surface area (Å²) in [4.78, 5) is 36.9. The summed E-state index contributed by atoms with van der Waals surface area (Å²) in [7, 11) is 1.64. The minimum atomic E-state index is -0.591. The maximum absolute atomic E-state index is 12.4. The number of nitrogens with zero attached hydrogens (tertiary/aromatic N) is 1. The van der Waals surface area contributed by atoms with Crippen molar-refractivity contribution < 1.29 is 19.1 Å². The molecule has 1 aliphatic rings. The molecule has 1 atom stereocenters. The largest absolute Gasteiger partial charge is 0.458 e. The highest BCUT2D eigenvalue weighted by atomic mass is 16.6. The molecule has 5 nitrogen and oxygen atoms in total. The average Bonchev–Trinajstić information content (AvgIpc) is 2.24. The SMILES string of the molecule is CC(C)[C@@H](C(=O)OC(C)(C)C)N(C)C(=O)[C@H]1C[C@@H](C=O)C1. The van der Waals surface area contributed by atoms with Gasteiger partial charge in [0, 0.05) is 18.9 Å². The zero-order valence-corrected chi connectivity index (χ0v) is 13.9. The normalized spacial score (nSPS) is 23.2. The van der Waals surface area contributed by atoms with E-state index in [2.05, 4.69) is 0 Å². The second kappa shape index (κ2) is 6.58. The van der Waals surface area contributed by atoms with Crippen molar-refractivity contribution in [3.8, 4) is 0 Å². The molecule has 0 bridgehead atoms. The van der Waals surface area contributed by atoms with Crippen molar-refractivity contribution in [1.29, 1.82) is 0 Å². The lowest BCUT2D eigenvalue weighted by Crippen LogP contribution is -2.51. The monoisotopic (exact) mass is 297 g/mol. The van der Waals surface area contributed by atoms with E-state index in [0.29, 0.717) is 12.8 Å². The van der Waals surface area contributed by atoms with E-state index in [4.69, 9.17) is 4.74 Å². The Labute approximate surface area is 127 Å². The molecule has 0 saturated heterocycles. The Hall–Kier alpha value is -1.39. The van der Waals surface area contributed by atoms with Gasteiger partial charge in [0.05, 0.1) is 0 Å². The van der Waals surface area contributed by atoms with Crippen molar-refractivity contribution in [2.45, 2.75) is 59.1 Å². The van der Waals surface area contributed by atoms with Crippen LogP contribution >= 0.6 is 0 Å². The Bertz CT molecular complexity index is 405. The lowest BCUT2D eigenvalue weighted by Gasteiger charge is -2.38. The molecule has 0 spiro atoms. The number of carbonyl (C=O) groups is 3. The summed E-state index contributed by atoms with van der Waals surface area (Å²) < 4.78 is 5.42. The van der Waals surface area contributed by atoms with Crippen molar-refractivity contribution in [2.24, 2.45) is 17.8 Å². The average molecular weight is 297 g/mol. The fraction of sp³-hybridized carbons (Fsp3) is 0.812. The zero-order chi connectivity index (χ0) is 16.4. The molecule has 0 radical (unpaired) electrons. The topological polar surface area (TPSA) is 63.7 Å². The first-order chi connectivity index (χ1) is 9.56. The second-order valence-corrected chi connectivity index (χ2v) is 7.24. The summed E-state index contributed by atoms with van der Waals surface area (Å²) in [6, 6.07) is -0.591. The molecule has 0 unspecified atom stereocenters. The molecular weight excluding hydrogens is 270 g/mol. The van der Waals surface area contributed by atoms with E-state index in [1.807, 2.05) is 34.6 Å². The quantitative estimate of drug-likeness (QED) is 0.575. The lowest BCUT2D eigenvalue weighted by molar-refractivity contribution is -0.167. The molecule has 0 aromatic heterocycles. The molecule has 1 aliphatic carbocycles. The van der Waals surface area contributed by atoms with Crippen LogP contribution in [-0.4, -0.2) is 41.8 Å². The van der Waals surface area contributed by atoms with Gasteiger partial charge in [-0.15, -0.1) is 0 Å². The van der Waals surface area contributed by atoms with Gasteiger partial charge in [0.1, 0.15) is 17.9 Å². The molecule has 5 heteroatoms. The third-order valence-corrected chi connectivity index (χ3v) is 3.76. The van der Waals surface area contributed by atoms with Crippen molar-refractivity contribution in [3.63, 3.8) is 0 Å². The van der Waals surface area contributed by atoms with E-state index in [9.17, 15) is 14.4 Å². The fourth-order valence-corrected chi connectivity index (χ4v) is 2.64. The van der Waals surface area contributed by atoms with Gasteiger partial charge >= 0.3 is 5.97 Å². The first kappa shape index (κ1) is 17.7. The highest BCUT2D eigenvalue weighted by Crippen LogP contribution is 2.34. The predicted octanol–water partition coefficient (Wildman–Crippen LogP) is 2.04. The maximum Gasteiger partial charge on any atom is 0.329 e. The number of rotatable bonds is 5. The molecule has 21 heavy (non-hydrogen) atoms. The van der Waals surface area contributed by atoms with Crippen LogP contribution in [0.2, 0.25) is 0 Å². The van der Waals surface area contributed by atoms with Gasteiger partial charge in [-0.25, -0.2) is 4.79 Å². The van der Waals surface area contributed by atoms with Crippen LogP contribution in [0.3, 0.4) is 0 Å². The number of ether oxygens (including phenoxy) is 1. The zero-order valence-electron chi connectivity index (χ0n) is 13.9. The van der Waals surface area contributed by atoms with Crippen LogP contribution < -0.4 is 0 Å². The first-order valence-corrected chi connectivity index (χ1v) is 7.51. The van der Waals surface area contributed by atoms with Gasteiger partial charge in [-0.05, 0) is 39.5 Å². The Morgan fingerprint density at radius 3 is 2.14 bits per heavy atom. The third kappa shape index (κ3) is 4.55. The van der Waals surface area contributed by atoms with Crippen molar-refractivity contribution >= 4 is 18.2 Å². The summed E-state index contributed by atoms with van der Waals surface area (Å²) in [5.41, 5.74) is -0.576. The van der Waals surface area contributed by atoms with E-state index >= 15 is 0 Å². The first-order valence-electron chi connectivity index (χ1n) is 7.51. The molecule has 0 aromatic carbocycles. The highest BCUT2D eigenvalue weighted by molar-refractivity contribution is 5.87. The number of esters is 1. The van der Waals surface area contributed by atoms with Gasteiger partial charge in [-0.1, -0.05) is 13.8 Å². The standard InChI is InChI=1S/C16H27NO4/c1-10(2)13(15(20)21-16(3,4)5)17(6)14(19)12-7-11(8-12)9-18/h9-13H,7-8H2,1-6H3/t11-,12+,13-/m0/s1. The van der Waals surface area contributed by atoms with E-state index in [1.165, 1.54) is 4.90 Å². The molecule has 0 aromatic rings. The van der Waals surface area contributed by atoms with Crippen LogP contribution in [0.25, 0.3) is 0 Å². The van der Waals surface area contributed by atoms with Gasteiger partial charge in [0.25, 0.3) is 0 Å². The summed E-state index contributed by atoms with van der Waals surface area (Å²) in [6.07, 6.45) is 2.08. The number of amides is 1. The smallest absolute Gasteiger partial charge is 0.329 e. The van der Waals surface area contributed by atoms with Crippen LogP contribution in [0.15, 0.2) is 0 Å². The van der Waals surface area contributed by atoms with Crippen LogP contribution in [0.5, 0.6) is 0 Å². The van der Waals surface area contributed by atoms with Crippen LogP contribution in [0.1, 0.15) is 47.5 Å². The number of hydrogen-bond acceptors (Lipinski definition) is 4. The van der Waals surface area contributed by atoms with Gasteiger partial charge < -0.3 is 14.4 Å². The summed E-state index contributed by atoms with van der Waals surface area (Å²) in [5.74, 6) is -0.631. The number of hydrogen-bond donors (Lipinski definition) is 0. The highest BCUT2D eigenvalue weighted by Gasteiger charge is 2.40. The second-order valence-electron chi connectivity index (χ2n) is 7.24. The maximum atomic E-state index is 12.4. The molecule has 0 aliphatic heterocycles. The Morgan fingerprint density at radius 2 is 1.76 bits per heavy atom. The number of aldehydes is 1. The van der Waals surface area contributed by atoms with E-state index < -0.39 is 11.6 Å². The molecule has 1 fully saturated rings. The van der Waals surface area contributed by atoms with Gasteiger partial charge in [0.15, 0.2) is 0 Å². The van der Waals surface area contributed by atoms with Gasteiger partial charge in [-0.3, -0.25) is 4.79 Å². The van der Waals surface area contributed by atoms with E-state index in [-0.39, 0.29) is 29.6 Å². The Balaban J connectivity index is 2.74. The summed E-state index contributed by atoms with van der Waals surface area (Å²) >= 11 is 0. The number of likely N-dealkylation sites (N-methyl/N-ethyl adjacent to an activating group) is 1. The molecule has 0 N–H and O–H groups in total. The molecule has 1 saturated carbocycles. The predicted molar refractivity (Wildman–Crippen MR) is 79.5 cm³/mol. The van der Waals surface area contributed by atoms with E-state index in [0.717, 1.165) is 6.29 Å². The third-order valence-electron chi connectivity index (χ3n) is 3.76. The summed E-state index contributed by atoms with van der Waals surface area (Å²) in [6.45, 7) is 9.22. The van der Waals surface area contributed by atoms with Crippen LogP contribution in [-0.2, 0) is 19.1 Å². The molecule has 1 amide bonds. The van der Waals surface area contributed by atoms with Crippen molar-refractivity contribution in [2.75, 3.05) is 7.05 Å². The van der Waals surface area contributed by atoms with Crippen molar-refractivity contribution in [1.82, 2.24) is 4.90 Å². The Morgan fingerprint density at radius 1 is 1.24 bits per heavy atom. The van der Waals surface area contributed by atoms with Crippen LogP contribution in [0.4, 0.5) is 0 Å². The van der Waals surface area contributed by atoms with Crippen LogP contribution in [0, 0.1) is 17.8 Å². The fourth-order valence-electron chi connectivity index (χ4n) is 2.64. The molecule has 0 heterocycles. The molecule has 120 valence electrons. The molecule has 1 rings (SSSR count). The van der Waals surface area contributed by atoms with Gasteiger partial charge in [-0.2, -0.15) is 0 Å². The lowest BCUT2D eigenvalue weighted by atomic mass is 9.75. The molecular formula is C16H27NO4. The van der Waals surface area contributed by atoms with E-state index in [1.54, 1.807) is 7.05 Å². The Kier molecular flexibility index (Phi) is 5.54. The van der Waals surface area contributed by atoms with Crippen molar-refractivity contribution in [3.05, 3.63) is 0 Å². The minimum Gasteiger partial charge on any atom is -0.458 e.